The largest absolute Gasteiger partial charge is 0.331 e. The van der Waals surface area contributed by atoms with Crippen LogP contribution in [-0.2, 0) is 6.54 Å². The fourth-order valence-electron chi connectivity index (χ4n) is 2.32. The highest BCUT2D eigenvalue weighted by Crippen LogP contribution is 2.22. The molecule has 0 aliphatic rings. The summed E-state index contributed by atoms with van der Waals surface area (Å²) in [7, 11) is 0. The molecule has 2 aromatic carbocycles. The lowest BCUT2D eigenvalue weighted by atomic mass is 10.2. The molecule has 0 aliphatic heterocycles. The molecule has 0 saturated heterocycles. The van der Waals surface area contributed by atoms with Crippen molar-refractivity contribution in [1.29, 1.82) is 0 Å². The van der Waals surface area contributed by atoms with Crippen molar-refractivity contribution in [3.63, 3.8) is 0 Å². The topological polar surface area (TPSA) is 17.8 Å². The van der Waals surface area contributed by atoms with Crippen LogP contribution >= 0.6 is 27.5 Å². The van der Waals surface area contributed by atoms with E-state index in [1.54, 1.807) is 0 Å². The van der Waals surface area contributed by atoms with Gasteiger partial charge in [0.05, 0.1) is 5.69 Å². The Balaban J connectivity index is 1.90. The first-order chi connectivity index (χ1) is 11.2. The minimum absolute atomic E-state index is 0.735. The van der Waals surface area contributed by atoms with Crippen LogP contribution < -0.4 is 0 Å². The number of nitrogens with zero attached hydrogens (tertiary/aromatic N) is 2. The third kappa shape index (κ3) is 3.92. The quantitative estimate of drug-likeness (QED) is 0.524. The molecule has 23 heavy (non-hydrogen) atoms. The molecule has 116 valence electrons. The number of hydrogen-bond acceptors (Lipinski definition) is 1. The number of imidazole rings is 1. The molecule has 0 unspecified atom stereocenters. The van der Waals surface area contributed by atoms with Crippen molar-refractivity contribution in [1.82, 2.24) is 9.55 Å². The maximum atomic E-state index is 5.95. The normalized spacial score (nSPS) is 11.3. The average Bonchev–Trinajstić information content (AvgIpc) is 2.98. The maximum absolute atomic E-state index is 5.95. The second-order valence-corrected chi connectivity index (χ2v) is 6.51. The van der Waals surface area contributed by atoms with E-state index in [-0.39, 0.29) is 0 Å². The van der Waals surface area contributed by atoms with Crippen molar-refractivity contribution >= 4 is 39.7 Å². The summed E-state index contributed by atoms with van der Waals surface area (Å²) in [6, 6.07) is 16.0. The second-order valence-electron chi connectivity index (χ2n) is 5.16. The predicted octanol–water partition coefficient (Wildman–Crippen LogP) is 6.16. The maximum Gasteiger partial charge on any atom is 0.133 e. The fraction of sp³-hybridized carbons (Fsp3) is 0.105. The van der Waals surface area contributed by atoms with Gasteiger partial charge in [-0.3, -0.25) is 0 Å². The molecule has 2 nitrogen and oxygen atoms in total. The standard InChI is InChI=1S/C19H16BrClN2/c1-2-23-13-18(15-6-10-17(21)11-7-15)22-19(23)12-5-14-3-8-16(20)9-4-14/h3-13H,2H2,1H3. The molecule has 0 aliphatic carbocycles. The smallest absolute Gasteiger partial charge is 0.133 e. The van der Waals surface area contributed by atoms with E-state index in [0.29, 0.717) is 0 Å². The molecule has 0 atom stereocenters. The van der Waals surface area contributed by atoms with Crippen LogP contribution in [0.5, 0.6) is 0 Å². The monoisotopic (exact) mass is 386 g/mol. The van der Waals surface area contributed by atoms with Gasteiger partial charge in [0.1, 0.15) is 5.82 Å². The average molecular weight is 388 g/mol. The SMILES string of the molecule is CCn1cc(-c2ccc(Cl)cc2)nc1C=Cc1ccc(Br)cc1. The molecular formula is C19H16BrClN2. The minimum atomic E-state index is 0.735. The number of benzene rings is 2. The van der Waals surface area contributed by atoms with E-state index >= 15 is 0 Å². The number of aryl methyl sites for hydroxylation is 1. The molecule has 1 heterocycles. The Kier molecular flexibility index (Phi) is 4.99. The van der Waals surface area contributed by atoms with Crippen LogP contribution in [0.1, 0.15) is 18.3 Å². The highest BCUT2D eigenvalue weighted by Gasteiger charge is 2.06. The summed E-state index contributed by atoms with van der Waals surface area (Å²) >= 11 is 9.40. The Morgan fingerprint density at radius 1 is 1.04 bits per heavy atom. The van der Waals surface area contributed by atoms with Gasteiger partial charge in [0.2, 0.25) is 0 Å². The van der Waals surface area contributed by atoms with Gasteiger partial charge in [0, 0.05) is 27.8 Å². The van der Waals surface area contributed by atoms with Crippen LogP contribution in [0.2, 0.25) is 5.02 Å². The van der Waals surface area contributed by atoms with Gasteiger partial charge >= 0.3 is 0 Å². The van der Waals surface area contributed by atoms with Gasteiger partial charge in [-0.2, -0.15) is 0 Å². The van der Waals surface area contributed by atoms with Gasteiger partial charge in [0.15, 0.2) is 0 Å². The first-order valence-electron chi connectivity index (χ1n) is 7.42. The van der Waals surface area contributed by atoms with Gasteiger partial charge in [-0.25, -0.2) is 4.98 Å². The molecule has 0 fully saturated rings. The van der Waals surface area contributed by atoms with Gasteiger partial charge in [-0.15, -0.1) is 0 Å². The number of aromatic nitrogens is 2. The zero-order chi connectivity index (χ0) is 16.2. The van der Waals surface area contributed by atoms with Crippen molar-refractivity contribution in [3.05, 3.63) is 75.6 Å². The van der Waals surface area contributed by atoms with Crippen molar-refractivity contribution in [2.24, 2.45) is 0 Å². The van der Waals surface area contributed by atoms with Crippen molar-refractivity contribution < 1.29 is 0 Å². The van der Waals surface area contributed by atoms with E-state index in [9.17, 15) is 0 Å². The van der Waals surface area contributed by atoms with E-state index in [1.165, 1.54) is 0 Å². The fourth-order valence-corrected chi connectivity index (χ4v) is 2.71. The van der Waals surface area contributed by atoms with E-state index in [1.807, 2.05) is 42.5 Å². The van der Waals surface area contributed by atoms with Gasteiger partial charge in [0.25, 0.3) is 0 Å². The summed E-state index contributed by atoms with van der Waals surface area (Å²) in [6.45, 7) is 2.99. The molecule has 0 amide bonds. The van der Waals surface area contributed by atoms with Gasteiger partial charge < -0.3 is 4.57 Å². The lowest BCUT2D eigenvalue weighted by Gasteiger charge is -1.99. The van der Waals surface area contributed by atoms with Crippen molar-refractivity contribution in [2.45, 2.75) is 13.5 Å². The van der Waals surface area contributed by atoms with E-state index in [4.69, 9.17) is 16.6 Å². The summed E-state index contributed by atoms with van der Waals surface area (Å²) in [4.78, 5) is 4.74. The number of rotatable bonds is 4. The Morgan fingerprint density at radius 2 is 1.74 bits per heavy atom. The first kappa shape index (κ1) is 16.0. The lowest BCUT2D eigenvalue weighted by molar-refractivity contribution is 0.753. The molecule has 0 bridgehead atoms. The summed E-state index contributed by atoms with van der Waals surface area (Å²) in [5, 5.41) is 0.735. The summed E-state index contributed by atoms with van der Waals surface area (Å²) in [5.41, 5.74) is 3.17. The zero-order valence-electron chi connectivity index (χ0n) is 12.7. The Hall–Kier alpha value is -1.84. The minimum Gasteiger partial charge on any atom is -0.331 e. The molecule has 0 spiro atoms. The Bertz CT molecular complexity index is 818. The summed E-state index contributed by atoms with van der Waals surface area (Å²) in [6.07, 6.45) is 6.20. The van der Waals surface area contributed by atoms with Crippen molar-refractivity contribution in [2.75, 3.05) is 0 Å². The van der Waals surface area contributed by atoms with Gasteiger partial charge in [-0.05, 0) is 42.8 Å². The molecule has 0 radical (unpaired) electrons. The molecule has 3 aromatic rings. The third-order valence-electron chi connectivity index (χ3n) is 3.58. The summed E-state index contributed by atoms with van der Waals surface area (Å²) in [5.74, 6) is 0.945. The highest BCUT2D eigenvalue weighted by atomic mass is 79.9. The van der Waals surface area contributed by atoms with Crippen LogP contribution in [0.15, 0.2) is 59.2 Å². The van der Waals surface area contributed by atoms with E-state index in [2.05, 4.69) is 51.8 Å². The number of halogens is 2. The molecule has 0 N–H and O–H groups in total. The molecular weight excluding hydrogens is 372 g/mol. The van der Waals surface area contributed by atoms with Crippen LogP contribution in [0.25, 0.3) is 23.4 Å². The number of hydrogen-bond donors (Lipinski definition) is 0. The zero-order valence-corrected chi connectivity index (χ0v) is 15.1. The van der Waals surface area contributed by atoms with Crippen LogP contribution in [0, 0.1) is 0 Å². The molecule has 1 aromatic heterocycles. The highest BCUT2D eigenvalue weighted by molar-refractivity contribution is 9.10. The summed E-state index contributed by atoms with van der Waals surface area (Å²) < 4.78 is 3.22. The molecule has 0 saturated carbocycles. The Morgan fingerprint density at radius 3 is 2.39 bits per heavy atom. The van der Waals surface area contributed by atoms with Crippen LogP contribution in [0.3, 0.4) is 0 Å². The van der Waals surface area contributed by atoms with Crippen molar-refractivity contribution in [3.8, 4) is 11.3 Å². The predicted molar refractivity (Wildman–Crippen MR) is 101 cm³/mol. The van der Waals surface area contributed by atoms with E-state index in [0.717, 1.165) is 38.7 Å². The molecule has 3 rings (SSSR count). The van der Waals surface area contributed by atoms with Crippen LogP contribution in [0.4, 0.5) is 0 Å². The lowest BCUT2D eigenvalue weighted by Crippen LogP contribution is -1.94. The van der Waals surface area contributed by atoms with Crippen LogP contribution in [-0.4, -0.2) is 9.55 Å². The van der Waals surface area contributed by atoms with E-state index < -0.39 is 0 Å². The Labute approximate surface area is 149 Å². The molecule has 4 heteroatoms. The van der Waals surface area contributed by atoms with Gasteiger partial charge in [-0.1, -0.05) is 57.9 Å². The first-order valence-corrected chi connectivity index (χ1v) is 8.59. The third-order valence-corrected chi connectivity index (χ3v) is 4.36. The second kappa shape index (κ2) is 7.16.